The van der Waals surface area contributed by atoms with Crippen LogP contribution >= 0.6 is 15.9 Å². The van der Waals surface area contributed by atoms with Crippen LogP contribution in [0, 0.1) is 0 Å². The van der Waals surface area contributed by atoms with Crippen molar-refractivity contribution >= 4 is 21.7 Å². The van der Waals surface area contributed by atoms with E-state index in [1.807, 2.05) is 12.1 Å². The third kappa shape index (κ3) is 2.22. The van der Waals surface area contributed by atoms with Gasteiger partial charge in [0.2, 0.25) is 0 Å². The quantitative estimate of drug-likeness (QED) is 0.918. The van der Waals surface area contributed by atoms with Crippen LogP contribution in [0.4, 0.5) is 5.82 Å². The number of nitrogen functional groups attached to an aromatic ring is 1. The number of benzene rings is 1. The van der Waals surface area contributed by atoms with E-state index >= 15 is 0 Å². The van der Waals surface area contributed by atoms with E-state index in [-0.39, 0.29) is 0 Å². The van der Waals surface area contributed by atoms with Gasteiger partial charge in [0.25, 0.3) is 0 Å². The third-order valence-corrected chi connectivity index (χ3v) is 3.00. The average Bonchev–Trinajstić information content (AvgIpc) is 2.33. The van der Waals surface area contributed by atoms with Crippen LogP contribution in [0.5, 0.6) is 0 Å². The van der Waals surface area contributed by atoms with Gasteiger partial charge in [-0.1, -0.05) is 31.2 Å². The van der Waals surface area contributed by atoms with Gasteiger partial charge in [-0.2, -0.15) is 0 Å². The number of halogens is 1. The van der Waals surface area contributed by atoms with Gasteiger partial charge >= 0.3 is 0 Å². The van der Waals surface area contributed by atoms with Crippen molar-refractivity contribution in [3.05, 3.63) is 40.5 Å². The Hall–Kier alpha value is -1.42. The zero-order valence-electron chi connectivity index (χ0n) is 8.94. The minimum atomic E-state index is 0.463. The molecular weight excluding hydrogens is 266 g/mol. The first-order chi connectivity index (χ1) is 7.70. The number of anilines is 1. The normalized spacial score (nSPS) is 10.4. The van der Waals surface area contributed by atoms with Crippen LogP contribution in [0.1, 0.15) is 12.5 Å². The highest BCUT2D eigenvalue weighted by Crippen LogP contribution is 2.21. The van der Waals surface area contributed by atoms with Crippen LogP contribution < -0.4 is 5.73 Å². The van der Waals surface area contributed by atoms with E-state index < -0.39 is 0 Å². The maximum Gasteiger partial charge on any atom is 0.161 e. The van der Waals surface area contributed by atoms with Crippen molar-refractivity contribution in [1.29, 1.82) is 0 Å². The summed E-state index contributed by atoms with van der Waals surface area (Å²) in [5, 5.41) is 0. The lowest BCUT2D eigenvalue weighted by Crippen LogP contribution is -1.96. The Morgan fingerprint density at radius 2 is 1.94 bits per heavy atom. The summed E-state index contributed by atoms with van der Waals surface area (Å²) in [5.74, 6) is 1.12. The summed E-state index contributed by atoms with van der Waals surface area (Å²) in [6.07, 6.45) is 2.70. The van der Waals surface area contributed by atoms with Crippen molar-refractivity contribution in [2.45, 2.75) is 13.3 Å². The van der Waals surface area contributed by atoms with Gasteiger partial charge in [0.1, 0.15) is 5.82 Å². The Morgan fingerprint density at radius 1 is 1.25 bits per heavy atom. The van der Waals surface area contributed by atoms with Crippen LogP contribution in [0.3, 0.4) is 0 Å². The fourth-order valence-electron chi connectivity index (χ4n) is 1.41. The van der Waals surface area contributed by atoms with E-state index in [4.69, 9.17) is 5.73 Å². The molecule has 0 saturated heterocycles. The summed E-state index contributed by atoms with van der Waals surface area (Å²) in [6.45, 7) is 2.13. The second kappa shape index (κ2) is 4.61. The first kappa shape index (κ1) is 11.1. The van der Waals surface area contributed by atoms with Gasteiger partial charge in [-0.15, -0.1) is 0 Å². The summed E-state index contributed by atoms with van der Waals surface area (Å²) in [6, 6.07) is 8.19. The maximum atomic E-state index is 5.72. The molecule has 0 atom stereocenters. The largest absolute Gasteiger partial charge is 0.383 e. The zero-order chi connectivity index (χ0) is 11.5. The average molecular weight is 278 g/mol. The molecule has 0 aliphatic rings. The summed E-state index contributed by atoms with van der Waals surface area (Å²) < 4.78 is 0.724. The van der Waals surface area contributed by atoms with Crippen molar-refractivity contribution in [2.24, 2.45) is 0 Å². The maximum absolute atomic E-state index is 5.72. The van der Waals surface area contributed by atoms with E-state index in [2.05, 4.69) is 45.0 Å². The lowest BCUT2D eigenvalue weighted by Gasteiger charge is -2.03. The summed E-state index contributed by atoms with van der Waals surface area (Å²) in [4.78, 5) is 8.45. The minimum absolute atomic E-state index is 0.463. The van der Waals surface area contributed by atoms with Crippen molar-refractivity contribution in [1.82, 2.24) is 9.97 Å². The molecule has 0 radical (unpaired) electrons. The molecule has 1 aromatic heterocycles. The fraction of sp³-hybridized carbons (Fsp3) is 0.167. The topological polar surface area (TPSA) is 51.8 Å². The Bertz CT molecular complexity index is 494. The monoisotopic (exact) mass is 277 g/mol. The molecule has 2 rings (SSSR count). The van der Waals surface area contributed by atoms with Crippen molar-refractivity contribution in [2.75, 3.05) is 5.73 Å². The Kier molecular flexibility index (Phi) is 3.19. The van der Waals surface area contributed by atoms with Crippen LogP contribution in [0.2, 0.25) is 0 Å². The highest BCUT2D eigenvalue weighted by atomic mass is 79.9. The number of hydrogen-bond donors (Lipinski definition) is 1. The van der Waals surface area contributed by atoms with Crippen LogP contribution in [-0.4, -0.2) is 9.97 Å². The molecule has 3 nitrogen and oxygen atoms in total. The van der Waals surface area contributed by atoms with Crippen LogP contribution in [-0.2, 0) is 6.42 Å². The Labute approximate surface area is 103 Å². The van der Waals surface area contributed by atoms with E-state index in [0.717, 1.165) is 16.5 Å². The lowest BCUT2D eigenvalue weighted by atomic mass is 10.1. The van der Waals surface area contributed by atoms with Crippen LogP contribution in [0.25, 0.3) is 11.4 Å². The summed E-state index contributed by atoms with van der Waals surface area (Å²) in [5.41, 5.74) is 8.00. The van der Waals surface area contributed by atoms with Gasteiger partial charge in [0.05, 0.1) is 4.47 Å². The summed E-state index contributed by atoms with van der Waals surface area (Å²) in [7, 11) is 0. The number of aromatic nitrogens is 2. The van der Waals surface area contributed by atoms with Crippen LogP contribution in [0.15, 0.2) is 34.9 Å². The lowest BCUT2D eigenvalue weighted by molar-refractivity contribution is 1.13. The van der Waals surface area contributed by atoms with Gasteiger partial charge < -0.3 is 5.73 Å². The van der Waals surface area contributed by atoms with Gasteiger partial charge in [0.15, 0.2) is 5.82 Å². The molecule has 0 aliphatic heterocycles. The molecule has 0 amide bonds. The highest BCUT2D eigenvalue weighted by molar-refractivity contribution is 9.10. The molecule has 1 aromatic carbocycles. The SMILES string of the molecule is CCc1ccc(-c2ncc(Br)c(N)n2)cc1. The standard InChI is InChI=1S/C12H12BrN3/c1-2-8-3-5-9(6-4-8)12-15-7-10(13)11(14)16-12/h3-7H,2H2,1H3,(H2,14,15,16). The van der Waals surface area contributed by atoms with Gasteiger partial charge in [-0.05, 0) is 27.9 Å². The smallest absolute Gasteiger partial charge is 0.161 e. The number of aryl methyl sites for hydroxylation is 1. The molecule has 16 heavy (non-hydrogen) atoms. The number of rotatable bonds is 2. The van der Waals surface area contributed by atoms with Gasteiger partial charge in [0, 0.05) is 11.8 Å². The summed E-state index contributed by atoms with van der Waals surface area (Å²) >= 11 is 3.27. The first-order valence-corrected chi connectivity index (χ1v) is 5.87. The molecule has 0 saturated carbocycles. The van der Waals surface area contributed by atoms with E-state index in [0.29, 0.717) is 11.6 Å². The fourth-order valence-corrected chi connectivity index (χ4v) is 1.60. The molecule has 0 fully saturated rings. The molecule has 2 aromatic rings. The molecule has 0 unspecified atom stereocenters. The molecule has 0 spiro atoms. The third-order valence-electron chi connectivity index (χ3n) is 2.39. The molecule has 2 N–H and O–H groups in total. The zero-order valence-corrected chi connectivity index (χ0v) is 10.5. The van der Waals surface area contributed by atoms with Crippen molar-refractivity contribution in [3.8, 4) is 11.4 Å². The number of nitrogens with zero attached hydrogens (tertiary/aromatic N) is 2. The highest BCUT2D eigenvalue weighted by Gasteiger charge is 2.04. The molecule has 0 aliphatic carbocycles. The van der Waals surface area contributed by atoms with Crippen molar-refractivity contribution in [3.63, 3.8) is 0 Å². The molecule has 1 heterocycles. The van der Waals surface area contributed by atoms with Gasteiger partial charge in [-0.3, -0.25) is 0 Å². The predicted octanol–water partition coefficient (Wildman–Crippen LogP) is 3.05. The van der Waals surface area contributed by atoms with Gasteiger partial charge in [-0.25, -0.2) is 9.97 Å². The number of nitrogens with two attached hydrogens (primary N) is 1. The molecule has 82 valence electrons. The first-order valence-electron chi connectivity index (χ1n) is 5.08. The molecule has 4 heteroatoms. The second-order valence-corrected chi connectivity index (χ2v) is 4.33. The van der Waals surface area contributed by atoms with Crippen molar-refractivity contribution < 1.29 is 0 Å². The second-order valence-electron chi connectivity index (χ2n) is 3.48. The number of hydrogen-bond acceptors (Lipinski definition) is 3. The molecular formula is C12H12BrN3. The minimum Gasteiger partial charge on any atom is -0.383 e. The predicted molar refractivity (Wildman–Crippen MR) is 69.0 cm³/mol. The van der Waals surface area contributed by atoms with E-state index in [1.165, 1.54) is 5.56 Å². The molecule has 0 bridgehead atoms. The Balaban J connectivity index is 2.38. The Morgan fingerprint density at radius 3 is 2.50 bits per heavy atom. The van der Waals surface area contributed by atoms with E-state index in [1.54, 1.807) is 6.20 Å². The van der Waals surface area contributed by atoms with E-state index in [9.17, 15) is 0 Å².